The van der Waals surface area contributed by atoms with E-state index in [9.17, 15) is 0 Å². The molecule has 168 valence electrons. The fourth-order valence-electron chi connectivity index (χ4n) is 4.35. The topological polar surface area (TPSA) is 30.2 Å². The van der Waals surface area contributed by atoms with Crippen LogP contribution in [0, 0.1) is 13.8 Å². The van der Waals surface area contributed by atoms with Gasteiger partial charge < -0.3 is 0 Å². The van der Waals surface area contributed by atoms with Crippen LogP contribution in [0.15, 0.2) is 84.1 Å². The third kappa shape index (κ3) is 4.52. The lowest BCUT2D eigenvalue weighted by atomic mass is 9.99. The molecule has 0 bridgehead atoms. The molecule has 34 heavy (non-hydrogen) atoms. The van der Waals surface area contributed by atoms with Gasteiger partial charge in [0.25, 0.3) is 0 Å². The summed E-state index contributed by atoms with van der Waals surface area (Å²) < 4.78 is 2.08. The minimum Gasteiger partial charge on any atom is -0.299 e. The fourth-order valence-corrected chi connectivity index (χ4v) is 4.69. The summed E-state index contributed by atoms with van der Waals surface area (Å²) in [6.07, 6.45) is 4.56. The average molecular weight is 482 g/mol. The quantitative estimate of drug-likeness (QED) is 0.186. The largest absolute Gasteiger partial charge is 0.299 e. The molecule has 0 fully saturated rings. The number of aliphatic imine (C=N–C) groups is 1. The van der Waals surface area contributed by atoms with Gasteiger partial charge in [0.1, 0.15) is 6.33 Å². The summed E-state index contributed by atoms with van der Waals surface area (Å²) in [6.45, 7) is 4.82. The Labute approximate surface area is 209 Å². The van der Waals surface area contributed by atoms with E-state index >= 15 is 0 Å². The van der Waals surface area contributed by atoms with Crippen molar-refractivity contribution in [3.05, 3.63) is 106 Å². The number of nitrogens with zero attached hydrogens (tertiary/aromatic N) is 3. The molecule has 0 radical (unpaired) electrons. The Morgan fingerprint density at radius 3 is 2.53 bits per heavy atom. The maximum Gasteiger partial charge on any atom is 0.100 e. The number of hydrogen-bond donors (Lipinski definition) is 0. The Balaban J connectivity index is 1.35. The summed E-state index contributed by atoms with van der Waals surface area (Å²) in [4.78, 5) is 10.3. The van der Waals surface area contributed by atoms with Crippen LogP contribution in [0.5, 0.6) is 0 Å². The summed E-state index contributed by atoms with van der Waals surface area (Å²) in [5, 5.41) is 2.97. The molecule has 1 heterocycles. The molecule has 0 atom stereocenters. The molecule has 0 amide bonds. The summed E-state index contributed by atoms with van der Waals surface area (Å²) >= 11 is 11.7. The molecule has 5 aromatic rings. The minimum absolute atomic E-state index is 0.547. The van der Waals surface area contributed by atoms with Gasteiger partial charge in [-0.1, -0.05) is 60.2 Å². The zero-order chi connectivity index (χ0) is 23.7. The fraction of sp³-hybridized carbons (Fsp3) is 0.138. The van der Waals surface area contributed by atoms with Crippen molar-refractivity contribution in [1.29, 1.82) is 0 Å². The standard InChI is InChI=1S/C29H24ClN3S/c1-19-4-3-5-20(2)27(19)15-25(34)17-31-16-21-6-12-26-22(14-21)7-13-28-29(26)32-18-33(28)24-10-8-23(30)9-11-24/h3-14,16,18H,15,17H2,1-2H3. The van der Waals surface area contributed by atoms with Gasteiger partial charge in [-0.15, -0.1) is 0 Å². The van der Waals surface area contributed by atoms with E-state index in [4.69, 9.17) is 28.8 Å². The average Bonchev–Trinajstić information content (AvgIpc) is 3.26. The number of benzene rings is 4. The van der Waals surface area contributed by atoms with Crippen molar-refractivity contribution in [2.75, 3.05) is 6.54 Å². The molecule has 0 saturated carbocycles. The molecule has 1 aromatic heterocycles. The monoisotopic (exact) mass is 481 g/mol. The first-order chi connectivity index (χ1) is 16.5. The number of rotatable bonds is 6. The Bertz CT molecular complexity index is 1530. The molecule has 3 nitrogen and oxygen atoms in total. The van der Waals surface area contributed by atoms with Crippen molar-refractivity contribution in [3.63, 3.8) is 0 Å². The summed E-state index contributed by atoms with van der Waals surface area (Å²) in [5.74, 6) is 0. The summed E-state index contributed by atoms with van der Waals surface area (Å²) in [7, 11) is 0. The first kappa shape index (κ1) is 22.5. The Kier molecular flexibility index (Phi) is 6.27. The van der Waals surface area contributed by atoms with Crippen LogP contribution in [-0.2, 0) is 6.42 Å². The molecular weight excluding hydrogens is 458 g/mol. The van der Waals surface area contributed by atoms with E-state index in [-0.39, 0.29) is 0 Å². The summed E-state index contributed by atoms with van der Waals surface area (Å²) in [5.41, 5.74) is 8.01. The second-order valence-corrected chi connectivity index (χ2v) is 9.57. The zero-order valence-electron chi connectivity index (χ0n) is 19.1. The van der Waals surface area contributed by atoms with Gasteiger partial charge in [0.15, 0.2) is 0 Å². The van der Waals surface area contributed by atoms with Crippen molar-refractivity contribution in [1.82, 2.24) is 9.55 Å². The van der Waals surface area contributed by atoms with Gasteiger partial charge in [-0.05, 0) is 77.9 Å². The smallest absolute Gasteiger partial charge is 0.100 e. The van der Waals surface area contributed by atoms with E-state index in [2.05, 4.69) is 71.9 Å². The molecule has 0 aliphatic carbocycles. The van der Waals surface area contributed by atoms with E-state index in [1.807, 2.05) is 36.8 Å². The number of fused-ring (bicyclic) bond motifs is 3. The van der Waals surface area contributed by atoms with E-state index in [0.717, 1.165) is 49.4 Å². The van der Waals surface area contributed by atoms with Gasteiger partial charge in [-0.25, -0.2) is 4.98 Å². The molecule has 0 N–H and O–H groups in total. The van der Waals surface area contributed by atoms with Crippen LogP contribution in [0.3, 0.4) is 0 Å². The van der Waals surface area contributed by atoms with E-state index < -0.39 is 0 Å². The maximum atomic E-state index is 6.04. The Morgan fingerprint density at radius 2 is 1.76 bits per heavy atom. The molecule has 0 saturated heterocycles. The van der Waals surface area contributed by atoms with Crippen molar-refractivity contribution in [2.24, 2.45) is 4.99 Å². The third-order valence-electron chi connectivity index (χ3n) is 6.19. The lowest BCUT2D eigenvalue weighted by Crippen LogP contribution is -2.07. The lowest BCUT2D eigenvalue weighted by Gasteiger charge is -2.09. The molecule has 0 spiro atoms. The van der Waals surface area contributed by atoms with Crippen LogP contribution in [0.4, 0.5) is 0 Å². The zero-order valence-corrected chi connectivity index (χ0v) is 20.7. The van der Waals surface area contributed by atoms with Gasteiger partial charge in [-0.3, -0.25) is 9.56 Å². The second-order valence-electron chi connectivity index (χ2n) is 8.56. The second kappa shape index (κ2) is 9.49. The third-order valence-corrected chi connectivity index (χ3v) is 6.71. The van der Waals surface area contributed by atoms with Crippen LogP contribution >= 0.6 is 23.8 Å². The molecule has 4 aromatic carbocycles. The first-order valence-corrected chi connectivity index (χ1v) is 12.0. The normalized spacial score (nSPS) is 11.6. The highest BCUT2D eigenvalue weighted by molar-refractivity contribution is 7.80. The van der Waals surface area contributed by atoms with Gasteiger partial charge >= 0.3 is 0 Å². The van der Waals surface area contributed by atoms with E-state index in [1.165, 1.54) is 16.7 Å². The molecule has 0 aliphatic heterocycles. The van der Waals surface area contributed by atoms with Crippen molar-refractivity contribution < 1.29 is 0 Å². The predicted molar refractivity (Wildman–Crippen MR) is 148 cm³/mol. The Morgan fingerprint density at radius 1 is 1.00 bits per heavy atom. The maximum absolute atomic E-state index is 6.04. The van der Waals surface area contributed by atoms with Crippen molar-refractivity contribution in [3.8, 4) is 5.69 Å². The number of hydrogen-bond acceptors (Lipinski definition) is 3. The van der Waals surface area contributed by atoms with Crippen LogP contribution in [0.2, 0.25) is 5.02 Å². The van der Waals surface area contributed by atoms with Crippen LogP contribution in [-0.4, -0.2) is 27.2 Å². The molecule has 5 rings (SSSR count). The highest BCUT2D eigenvalue weighted by Crippen LogP contribution is 2.27. The molecule has 0 unspecified atom stereocenters. The number of aryl methyl sites for hydroxylation is 2. The van der Waals surface area contributed by atoms with Gasteiger partial charge in [0.2, 0.25) is 0 Å². The SMILES string of the molecule is Cc1cccc(C)c1CC(=S)CN=Cc1ccc2c(ccc3c2ncn3-c2ccc(Cl)cc2)c1. The highest BCUT2D eigenvalue weighted by Gasteiger charge is 2.09. The van der Waals surface area contributed by atoms with E-state index in [1.54, 1.807) is 0 Å². The van der Waals surface area contributed by atoms with Gasteiger partial charge in [-0.2, -0.15) is 0 Å². The van der Waals surface area contributed by atoms with E-state index in [0.29, 0.717) is 6.54 Å². The van der Waals surface area contributed by atoms with Crippen LogP contribution in [0.25, 0.3) is 27.5 Å². The number of halogens is 1. The first-order valence-electron chi connectivity index (χ1n) is 11.2. The van der Waals surface area contributed by atoms with Gasteiger partial charge in [0, 0.05) is 33.6 Å². The van der Waals surface area contributed by atoms with Crippen molar-refractivity contribution >= 4 is 56.7 Å². The number of aromatic nitrogens is 2. The molecular formula is C29H24ClN3S. The van der Waals surface area contributed by atoms with Crippen LogP contribution < -0.4 is 0 Å². The van der Waals surface area contributed by atoms with Crippen LogP contribution in [0.1, 0.15) is 22.3 Å². The molecule has 0 aliphatic rings. The summed E-state index contributed by atoms with van der Waals surface area (Å²) in [6, 6.07) is 24.7. The molecule has 5 heteroatoms. The Hall–Kier alpha value is -3.34. The van der Waals surface area contributed by atoms with Crippen molar-refractivity contribution in [2.45, 2.75) is 20.3 Å². The number of imidazole rings is 1. The lowest BCUT2D eigenvalue weighted by molar-refractivity contribution is 1.09. The minimum atomic E-state index is 0.547. The van der Waals surface area contributed by atoms with Gasteiger partial charge in [0.05, 0.1) is 17.6 Å². The predicted octanol–water partition coefficient (Wildman–Crippen LogP) is 7.48. The highest BCUT2D eigenvalue weighted by atomic mass is 35.5. The number of thiocarbonyl (C=S) groups is 1.